The van der Waals surface area contributed by atoms with Crippen molar-refractivity contribution in [1.82, 2.24) is 5.32 Å². The molecule has 0 aliphatic rings. The summed E-state index contributed by atoms with van der Waals surface area (Å²) in [5.41, 5.74) is 2.13. The van der Waals surface area contributed by atoms with Crippen LogP contribution >= 0.6 is 0 Å². The van der Waals surface area contributed by atoms with Gasteiger partial charge in [-0.05, 0) is 24.7 Å². The topological polar surface area (TPSA) is 35.5 Å². The summed E-state index contributed by atoms with van der Waals surface area (Å²) in [5.74, 6) is 0. The summed E-state index contributed by atoms with van der Waals surface area (Å²) in [5, 5.41) is 12.6. The van der Waals surface area contributed by atoms with Crippen LogP contribution in [0.3, 0.4) is 0 Å². The molecule has 90 valence electrons. The molecule has 3 heteroatoms. The number of nitrogens with zero attached hydrogens (tertiary/aromatic N) is 1. The van der Waals surface area contributed by atoms with Crippen molar-refractivity contribution in [2.75, 3.05) is 39.2 Å². The summed E-state index contributed by atoms with van der Waals surface area (Å²) in [6, 6.07) is 8.34. The van der Waals surface area contributed by atoms with Crippen LogP contribution in [0.1, 0.15) is 12.5 Å². The molecule has 0 saturated carbocycles. The quantitative estimate of drug-likeness (QED) is 0.786. The maximum atomic E-state index is 9.50. The van der Waals surface area contributed by atoms with Crippen LogP contribution < -0.4 is 10.2 Å². The molecule has 1 unspecified atom stereocenters. The zero-order chi connectivity index (χ0) is 12.2. The van der Waals surface area contributed by atoms with Crippen LogP contribution in [-0.4, -0.2) is 39.4 Å². The molecule has 0 heterocycles. The van der Waals surface area contributed by atoms with Gasteiger partial charge in [0.1, 0.15) is 0 Å². The van der Waals surface area contributed by atoms with Crippen LogP contribution in [0.15, 0.2) is 24.3 Å². The van der Waals surface area contributed by atoms with Crippen molar-refractivity contribution < 1.29 is 5.11 Å². The molecular weight excluding hydrogens is 200 g/mol. The van der Waals surface area contributed by atoms with Crippen molar-refractivity contribution in [1.29, 1.82) is 0 Å². The number of hydrogen-bond donors (Lipinski definition) is 2. The molecule has 0 aliphatic heterocycles. The van der Waals surface area contributed by atoms with Crippen LogP contribution in [0.5, 0.6) is 0 Å². The van der Waals surface area contributed by atoms with Crippen LogP contribution in [0.2, 0.25) is 0 Å². The van der Waals surface area contributed by atoms with Crippen molar-refractivity contribution in [2.24, 2.45) is 0 Å². The van der Waals surface area contributed by atoms with Gasteiger partial charge < -0.3 is 15.3 Å². The third-order valence-corrected chi connectivity index (χ3v) is 3.00. The second-order valence-electron chi connectivity index (χ2n) is 4.69. The maximum absolute atomic E-state index is 9.50. The van der Waals surface area contributed by atoms with E-state index in [-0.39, 0.29) is 12.0 Å². The number of aliphatic hydroxyl groups excluding tert-OH is 1. The van der Waals surface area contributed by atoms with Gasteiger partial charge in [0.05, 0.1) is 6.61 Å². The highest BCUT2D eigenvalue weighted by Gasteiger charge is 2.24. The minimum Gasteiger partial charge on any atom is -0.395 e. The van der Waals surface area contributed by atoms with E-state index in [4.69, 9.17) is 0 Å². The monoisotopic (exact) mass is 222 g/mol. The van der Waals surface area contributed by atoms with E-state index in [1.54, 1.807) is 0 Å². The number of likely N-dealkylation sites (N-methyl/N-ethyl adjacent to an activating group) is 1. The third kappa shape index (κ3) is 2.74. The number of anilines is 1. The van der Waals surface area contributed by atoms with E-state index < -0.39 is 0 Å². The van der Waals surface area contributed by atoms with E-state index in [1.807, 2.05) is 21.1 Å². The molecule has 0 amide bonds. The number of hydrogen-bond acceptors (Lipinski definition) is 3. The van der Waals surface area contributed by atoms with Crippen LogP contribution in [0.25, 0.3) is 0 Å². The van der Waals surface area contributed by atoms with Crippen LogP contribution in [-0.2, 0) is 5.41 Å². The molecule has 16 heavy (non-hydrogen) atoms. The summed E-state index contributed by atoms with van der Waals surface area (Å²) in [7, 11) is 5.95. The van der Waals surface area contributed by atoms with Gasteiger partial charge in [-0.2, -0.15) is 0 Å². The second-order valence-corrected chi connectivity index (χ2v) is 4.69. The first-order valence-corrected chi connectivity index (χ1v) is 5.57. The lowest BCUT2D eigenvalue weighted by molar-refractivity contribution is 0.204. The van der Waals surface area contributed by atoms with E-state index in [0.717, 1.165) is 12.1 Å². The molecule has 0 radical (unpaired) electrons. The Labute approximate surface area is 98.1 Å². The Morgan fingerprint density at radius 1 is 1.25 bits per heavy atom. The van der Waals surface area contributed by atoms with Crippen molar-refractivity contribution in [3.63, 3.8) is 0 Å². The van der Waals surface area contributed by atoms with Crippen molar-refractivity contribution >= 4 is 5.69 Å². The molecule has 2 N–H and O–H groups in total. The fourth-order valence-electron chi connectivity index (χ4n) is 1.80. The van der Waals surface area contributed by atoms with E-state index in [9.17, 15) is 5.11 Å². The Morgan fingerprint density at radius 2 is 1.81 bits per heavy atom. The molecule has 0 aromatic heterocycles. The molecule has 1 rings (SSSR count). The summed E-state index contributed by atoms with van der Waals surface area (Å²) in [6.45, 7) is 2.98. The largest absolute Gasteiger partial charge is 0.395 e. The summed E-state index contributed by atoms with van der Waals surface area (Å²) < 4.78 is 0. The number of aliphatic hydroxyl groups is 1. The molecule has 1 aromatic carbocycles. The average Bonchev–Trinajstić information content (AvgIpc) is 2.29. The molecule has 0 spiro atoms. The van der Waals surface area contributed by atoms with Crippen LogP contribution in [0.4, 0.5) is 5.69 Å². The smallest absolute Gasteiger partial charge is 0.0537 e. The highest BCUT2D eigenvalue weighted by Crippen LogP contribution is 2.24. The predicted octanol–water partition coefficient (Wildman–Crippen LogP) is 1.22. The number of nitrogens with one attached hydrogen (secondary N) is 1. The van der Waals surface area contributed by atoms with E-state index in [1.165, 1.54) is 5.69 Å². The van der Waals surface area contributed by atoms with Gasteiger partial charge in [0.15, 0.2) is 0 Å². The second kappa shape index (κ2) is 5.32. The molecule has 0 saturated heterocycles. The molecular formula is C13H22N2O. The first-order chi connectivity index (χ1) is 7.53. The van der Waals surface area contributed by atoms with Gasteiger partial charge in [-0.1, -0.05) is 19.1 Å². The minimum atomic E-state index is -0.209. The van der Waals surface area contributed by atoms with Gasteiger partial charge in [0, 0.05) is 31.7 Å². The summed E-state index contributed by atoms with van der Waals surface area (Å²) >= 11 is 0. The van der Waals surface area contributed by atoms with Gasteiger partial charge >= 0.3 is 0 Å². The molecule has 0 fully saturated rings. The van der Waals surface area contributed by atoms with E-state index in [2.05, 4.69) is 41.4 Å². The zero-order valence-electron chi connectivity index (χ0n) is 10.6. The molecule has 3 nitrogen and oxygen atoms in total. The molecule has 1 aromatic rings. The molecule has 1 atom stereocenters. The lowest BCUT2D eigenvalue weighted by Crippen LogP contribution is -2.37. The van der Waals surface area contributed by atoms with E-state index in [0.29, 0.717) is 0 Å². The summed E-state index contributed by atoms with van der Waals surface area (Å²) in [6.07, 6.45) is 0. The van der Waals surface area contributed by atoms with Crippen molar-refractivity contribution in [2.45, 2.75) is 12.3 Å². The summed E-state index contributed by atoms with van der Waals surface area (Å²) in [4.78, 5) is 2.07. The first-order valence-electron chi connectivity index (χ1n) is 5.57. The number of benzene rings is 1. The molecule has 0 aliphatic carbocycles. The SMILES string of the molecule is CNCC(C)(CO)c1ccc(N(C)C)cc1. The third-order valence-electron chi connectivity index (χ3n) is 3.00. The average molecular weight is 222 g/mol. The van der Waals surface area contributed by atoms with Crippen molar-refractivity contribution in [3.8, 4) is 0 Å². The minimum absolute atomic E-state index is 0.148. The zero-order valence-corrected chi connectivity index (χ0v) is 10.6. The number of rotatable bonds is 5. The first kappa shape index (κ1) is 13.0. The van der Waals surface area contributed by atoms with Gasteiger partial charge in [-0.25, -0.2) is 0 Å². The lowest BCUT2D eigenvalue weighted by Gasteiger charge is -2.28. The Kier molecular flexibility index (Phi) is 4.33. The Hall–Kier alpha value is -1.06. The van der Waals surface area contributed by atoms with Gasteiger partial charge in [-0.3, -0.25) is 0 Å². The highest BCUT2D eigenvalue weighted by molar-refractivity contribution is 5.47. The Morgan fingerprint density at radius 3 is 2.19 bits per heavy atom. The van der Waals surface area contributed by atoms with Gasteiger partial charge in [0.25, 0.3) is 0 Å². The lowest BCUT2D eigenvalue weighted by atomic mass is 9.83. The predicted molar refractivity (Wildman–Crippen MR) is 69.1 cm³/mol. The Balaban J connectivity index is 2.94. The normalized spacial score (nSPS) is 14.6. The van der Waals surface area contributed by atoms with E-state index >= 15 is 0 Å². The fraction of sp³-hybridized carbons (Fsp3) is 0.538. The standard InChI is InChI=1S/C13H22N2O/c1-13(10-16,9-14-2)11-5-7-12(8-6-11)15(3)4/h5-8,14,16H,9-10H2,1-4H3. The molecule has 0 bridgehead atoms. The van der Waals surface area contributed by atoms with Crippen LogP contribution in [0, 0.1) is 0 Å². The van der Waals surface area contributed by atoms with Gasteiger partial charge in [-0.15, -0.1) is 0 Å². The fourth-order valence-corrected chi connectivity index (χ4v) is 1.80. The maximum Gasteiger partial charge on any atom is 0.0537 e. The highest BCUT2D eigenvalue weighted by atomic mass is 16.3. The van der Waals surface area contributed by atoms with Crippen molar-refractivity contribution in [3.05, 3.63) is 29.8 Å². The van der Waals surface area contributed by atoms with Gasteiger partial charge in [0.2, 0.25) is 0 Å². The Bertz CT molecular complexity index is 321.